The number of sulfonamides is 1. The average molecular weight is 365 g/mol. The number of nitrogens with one attached hydrogen (secondary N) is 2. The summed E-state index contributed by atoms with van der Waals surface area (Å²) in [5, 5.41) is 3.16. The Hall–Kier alpha value is -1.70. The molecule has 0 bridgehead atoms. The van der Waals surface area contributed by atoms with E-state index in [1.165, 1.54) is 18.2 Å². The number of likely N-dealkylation sites (tertiary alicyclic amines) is 1. The Kier molecular flexibility index (Phi) is 7.16. The van der Waals surface area contributed by atoms with Gasteiger partial charge < -0.3 is 10.2 Å². The van der Waals surface area contributed by atoms with Gasteiger partial charge in [0, 0.05) is 25.2 Å². The lowest BCUT2D eigenvalue weighted by Crippen LogP contribution is -2.39. The van der Waals surface area contributed by atoms with E-state index in [0.29, 0.717) is 11.5 Å². The van der Waals surface area contributed by atoms with Crippen molar-refractivity contribution < 1.29 is 13.2 Å². The summed E-state index contributed by atoms with van der Waals surface area (Å²) in [5.41, 5.74) is 0.412. The molecule has 6 nitrogen and oxygen atoms in total. The van der Waals surface area contributed by atoms with Gasteiger partial charge in [-0.2, -0.15) is 0 Å². The van der Waals surface area contributed by atoms with E-state index in [0.717, 1.165) is 38.9 Å². The first-order valence-electron chi connectivity index (χ1n) is 8.62. The van der Waals surface area contributed by atoms with Gasteiger partial charge in [-0.15, -0.1) is 6.58 Å². The average Bonchev–Trinajstić information content (AvgIpc) is 2.64. The Labute approximate surface area is 150 Å². The molecule has 1 saturated heterocycles. The summed E-state index contributed by atoms with van der Waals surface area (Å²) in [6, 6.07) is 6.21. The molecule has 0 aliphatic carbocycles. The molecule has 1 amide bonds. The fourth-order valence-electron chi connectivity index (χ4n) is 3.00. The minimum Gasteiger partial charge on any atom is -0.339 e. The Bertz CT molecular complexity index is 695. The third-order valence-corrected chi connectivity index (χ3v) is 5.93. The van der Waals surface area contributed by atoms with Gasteiger partial charge in [-0.3, -0.25) is 4.79 Å². The van der Waals surface area contributed by atoms with Crippen molar-refractivity contribution in [2.75, 3.05) is 33.2 Å². The van der Waals surface area contributed by atoms with Crippen molar-refractivity contribution in [3.8, 4) is 0 Å². The molecule has 0 saturated carbocycles. The Morgan fingerprint density at radius 1 is 1.36 bits per heavy atom. The van der Waals surface area contributed by atoms with Gasteiger partial charge in [0.05, 0.1) is 4.90 Å². The second kappa shape index (κ2) is 9.12. The second-order valence-corrected chi connectivity index (χ2v) is 8.06. The van der Waals surface area contributed by atoms with Crippen LogP contribution in [0, 0.1) is 5.92 Å². The molecule has 0 spiro atoms. The predicted molar refractivity (Wildman–Crippen MR) is 99.0 cm³/mol. The number of nitrogens with zero attached hydrogens (tertiary/aromatic N) is 1. The van der Waals surface area contributed by atoms with Gasteiger partial charge >= 0.3 is 0 Å². The number of piperidine rings is 1. The molecule has 1 aromatic carbocycles. The van der Waals surface area contributed by atoms with Crippen LogP contribution in [-0.4, -0.2) is 52.5 Å². The van der Waals surface area contributed by atoms with Crippen LogP contribution < -0.4 is 10.0 Å². The first-order chi connectivity index (χ1) is 12.0. The maximum absolute atomic E-state index is 12.7. The number of carbonyl (C=O) groups excluding carboxylic acids is 1. The van der Waals surface area contributed by atoms with Gasteiger partial charge in [-0.05, 0) is 57.0 Å². The molecular weight excluding hydrogens is 338 g/mol. The summed E-state index contributed by atoms with van der Waals surface area (Å²) in [7, 11) is -1.68. The van der Waals surface area contributed by atoms with E-state index >= 15 is 0 Å². The van der Waals surface area contributed by atoms with E-state index in [-0.39, 0.29) is 17.3 Å². The molecule has 1 aromatic rings. The molecule has 1 aliphatic rings. The molecule has 2 N–H and O–H groups in total. The maximum Gasteiger partial charge on any atom is 0.253 e. The molecule has 7 heteroatoms. The summed E-state index contributed by atoms with van der Waals surface area (Å²) in [5.74, 6) is 0.541. The minimum absolute atomic E-state index is 0.101. The van der Waals surface area contributed by atoms with Gasteiger partial charge in [0.25, 0.3) is 5.91 Å². The molecule has 0 atom stereocenters. The molecular formula is C18H27N3O3S. The lowest BCUT2D eigenvalue weighted by atomic mass is 9.93. The van der Waals surface area contributed by atoms with Crippen LogP contribution >= 0.6 is 0 Å². The molecule has 25 heavy (non-hydrogen) atoms. The number of amides is 1. The van der Waals surface area contributed by atoms with Crippen LogP contribution in [0.1, 0.15) is 29.6 Å². The summed E-state index contributed by atoms with van der Waals surface area (Å²) < 4.78 is 26.8. The molecule has 0 radical (unpaired) electrons. The van der Waals surface area contributed by atoms with E-state index in [2.05, 4.69) is 16.6 Å². The molecule has 1 heterocycles. The van der Waals surface area contributed by atoms with E-state index < -0.39 is 10.0 Å². The zero-order chi connectivity index (χ0) is 18.3. The molecule has 0 unspecified atom stereocenters. The van der Waals surface area contributed by atoms with E-state index in [1.807, 2.05) is 11.9 Å². The van der Waals surface area contributed by atoms with E-state index in [9.17, 15) is 13.2 Å². The predicted octanol–water partition coefficient (Wildman–Crippen LogP) is 1.61. The topological polar surface area (TPSA) is 78.5 Å². The molecule has 0 aromatic heterocycles. The van der Waals surface area contributed by atoms with Crippen LogP contribution in [-0.2, 0) is 10.0 Å². The standard InChI is InChI=1S/C18H27N3O3S/c1-3-10-20-25(23,24)17-6-4-5-16(14-17)18(22)21-12-8-15(9-13-21)7-11-19-2/h3-6,14-15,19-20H,1,7-13H2,2H3. The first kappa shape index (κ1) is 19.6. The molecule has 138 valence electrons. The minimum atomic E-state index is -3.63. The third kappa shape index (κ3) is 5.39. The van der Waals surface area contributed by atoms with Crippen LogP contribution in [0.2, 0.25) is 0 Å². The van der Waals surface area contributed by atoms with Crippen LogP contribution in [0.25, 0.3) is 0 Å². The number of benzene rings is 1. The van der Waals surface area contributed by atoms with Crippen LogP contribution in [0.5, 0.6) is 0 Å². The van der Waals surface area contributed by atoms with Crippen molar-refractivity contribution >= 4 is 15.9 Å². The van der Waals surface area contributed by atoms with Gasteiger partial charge in [-0.1, -0.05) is 12.1 Å². The highest BCUT2D eigenvalue weighted by Gasteiger charge is 2.24. The van der Waals surface area contributed by atoms with Gasteiger partial charge in [0.2, 0.25) is 10.0 Å². The van der Waals surface area contributed by atoms with Gasteiger partial charge in [-0.25, -0.2) is 13.1 Å². The fraction of sp³-hybridized carbons (Fsp3) is 0.500. The first-order valence-corrected chi connectivity index (χ1v) is 10.1. The zero-order valence-electron chi connectivity index (χ0n) is 14.7. The maximum atomic E-state index is 12.7. The molecule has 1 aliphatic heterocycles. The number of hydrogen-bond acceptors (Lipinski definition) is 4. The third-order valence-electron chi connectivity index (χ3n) is 4.51. The molecule has 1 fully saturated rings. The Morgan fingerprint density at radius 2 is 2.08 bits per heavy atom. The van der Waals surface area contributed by atoms with E-state index in [1.54, 1.807) is 12.1 Å². The van der Waals surface area contributed by atoms with Crippen molar-refractivity contribution in [1.29, 1.82) is 0 Å². The van der Waals surface area contributed by atoms with Crippen molar-refractivity contribution in [3.63, 3.8) is 0 Å². The second-order valence-electron chi connectivity index (χ2n) is 6.30. The highest BCUT2D eigenvalue weighted by atomic mass is 32.2. The lowest BCUT2D eigenvalue weighted by Gasteiger charge is -2.32. The van der Waals surface area contributed by atoms with Crippen LogP contribution in [0.3, 0.4) is 0 Å². The smallest absolute Gasteiger partial charge is 0.253 e. The highest BCUT2D eigenvalue weighted by Crippen LogP contribution is 2.22. The number of rotatable bonds is 8. The van der Waals surface area contributed by atoms with Crippen LogP contribution in [0.4, 0.5) is 0 Å². The van der Waals surface area contributed by atoms with Crippen molar-refractivity contribution in [2.45, 2.75) is 24.2 Å². The van der Waals surface area contributed by atoms with E-state index in [4.69, 9.17) is 0 Å². The monoisotopic (exact) mass is 365 g/mol. The Morgan fingerprint density at radius 3 is 2.72 bits per heavy atom. The number of carbonyl (C=O) groups is 1. The van der Waals surface area contributed by atoms with Gasteiger partial charge in [0.15, 0.2) is 0 Å². The SMILES string of the molecule is C=CCNS(=O)(=O)c1cccc(C(=O)N2CCC(CCNC)CC2)c1. The van der Waals surface area contributed by atoms with Crippen LogP contribution in [0.15, 0.2) is 41.8 Å². The van der Waals surface area contributed by atoms with Crippen molar-refractivity contribution in [2.24, 2.45) is 5.92 Å². The zero-order valence-corrected chi connectivity index (χ0v) is 15.5. The quantitative estimate of drug-likeness (QED) is 0.686. The lowest BCUT2D eigenvalue weighted by molar-refractivity contribution is 0.0687. The fourth-order valence-corrected chi connectivity index (χ4v) is 4.05. The van der Waals surface area contributed by atoms with Gasteiger partial charge in [0.1, 0.15) is 0 Å². The summed E-state index contributed by atoms with van der Waals surface area (Å²) >= 11 is 0. The highest BCUT2D eigenvalue weighted by molar-refractivity contribution is 7.89. The largest absolute Gasteiger partial charge is 0.339 e. The summed E-state index contributed by atoms with van der Waals surface area (Å²) in [6.45, 7) is 6.09. The summed E-state index contributed by atoms with van der Waals surface area (Å²) in [6.07, 6.45) is 4.59. The van der Waals surface area contributed by atoms with Crippen molar-refractivity contribution in [1.82, 2.24) is 14.9 Å². The Balaban J connectivity index is 2.03. The van der Waals surface area contributed by atoms with Crippen molar-refractivity contribution in [3.05, 3.63) is 42.5 Å². The number of hydrogen-bond donors (Lipinski definition) is 2. The molecule has 2 rings (SSSR count). The summed E-state index contributed by atoms with van der Waals surface area (Å²) in [4.78, 5) is 14.6. The normalized spacial score (nSPS) is 16.0.